The van der Waals surface area contributed by atoms with Crippen LogP contribution in [0.3, 0.4) is 0 Å². The molecule has 1 aliphatic rings. The van der Waals surface area contributed by atoms with Gasteiger partial charge in [-0.25, -0.2) is 4.79 Å². The van der Waals surface area contributed by atoms with Gasteiger partial charge < -0.3 is 9.64 Å². The van der Waals surface area contributed by atoms with E-state index in [-0.39, 0.29) is 17.2 Å². The van der Waals surface area contributed by atoms with Crippen LogP contribution in [0, 0.1) is 10.1 Å². The predicted molar refractivity (Wildman–Crippen MR) is 85.6 cm³/mol. The second kappa shape index (κ2) is 7.45. The second-order valence-electron chi connectivity index (χ2n) is 5.22. The monoisotopic (exact) mass is 338 g/mol. The van der Waals surface area contributed by atoms with Gasteiger partial charge in [0.1, 0.15) is 0 Å². The van der Waals surface area contributed by atoms with Gasteiger partial charge in [-0.15, -0.1) is 11.8 Å². The van der Waals surface area contributed by atoms with Crippen molar-refractivity contribution in [2.75, 3.05) is 19.3 Å². The maximum absolute atomic E-state index is 12.1. The van der Waals surface area contributed by atoms with Crippen LogP contribution in [0.15, 0.2) is 23.1 Å². The van der Waals surface area contributed by atoms with E-state index in [9.17, 15) is 19.7 Å². The van der Waals surface area contributed by atoms with Crippen molar-refractivity contribution in [2.24, 2.45) is 0 Å². The summed E-state index contributed by atoms with van der Waals surface area (Å²) in [6, 6.07) is 4.15. The number of ether oxygens (including phenoxy) is 1. The number of esters is 1. The molecule has 0 N–H and O–H groups in total. The third-order valence-electron chi connectivity index (χ3n) is 3.66. The summed E-state index contributed by atoms with van der Waals surface area (Å²) in [5, 5.41) is 11.0. The molecule has 0 radical (unpaired) electrons. The van der Waals surface area contributed by atoms with Crippen LogP contribution in [0.4, 0.5) is 5.69 Å². The van der Waals surface area contributed by atoms with Crippen LogP contribution in [0.5, 0.6) is 0 Å². The number of rotatable bonds is 5. The third-order valence-corrected chi connectivity index (χ3v) is 4.45. The Kier molecular flexibility index (Phi) is 5.59. The predicted octanol–water partition coefficient (Wildman–Crippen LogP) is 2.48. The molecule has 124 valence electrons. The fraction of sp³-hybridized carbons (Fsp3) is 0.467. The fourth-order valence-electron chi connectivity index (χ4n) is 2.43. The Morgan fingerprint density at radius 3 is 2.57 bits per heavy atom. The van der Waals surface area contributed by atoms with Crippen molar-refractivity contribution in [3.63, 3.8) is 0 Å². The minimum absolute atomic E-state index is 0.0653. The van der Waals surface area contributed by atoms with Crippen molar-refractivity contribution >= 4 is 29.3 Å². The second-order valence-corrected chi connectivity index (χ2v) is 6.07. The van der Waals surface area contributed by atoms with E-state index in [0.29, 0.717) is 18.0 Å². The van der Waals surface area contributed by atoms with E-state index in [4.69, 9.17) is 4.74 Å². The van der Waals surface area contributed by atoms with Crippen LogP contribution in [-0.2, 0) is 9.53 Å². The van der Waals surface area contributed by atoms with E-state index in [0.717, 1.165) is 12.8 Å². The lowest BCUT2D eigenvalue weighted by Crippen LogP contribution is -2.38. The Morgan fingerprint density at radius 1 is 1.35 bits per heavy atom. The summed E-state index contributed by atoms with van der Waals surface area (Å²) in [5.74, 6) is -0.966. The quantitative estimate of drug-likeness (QED) is 0.355. The maximum atomic E-state index is 12.1. The zero-order valence-corrected chi connectivity index (χ0v) is 13.8. The highest BCUT2D eigenvalue weighted by Gasteiger charge is 2.27. The topological polar surface area (TPSA) is 89.8 Å². The molecule has 1 saturated heterocycles. The van der Waals surface area contributed by atoms with Crippen LogP contribution in [0.1, 0.15) is 30.1 Å². The van der Waals surface area contributed by atoms with E-state index in [1.54, 1.807) is 11.2 Å². The van der Waals surface area contributed by atoms with Crippen molar-refractivity contribution in [1.29, 1.82) is 0 Å². The summed E-state index contributed by atoms with van der Waals surface area (Å²) in [7, 11) is 0. The molecule has 0 bridgehead atoms. The van der Waals surface area contributed by atoms with Gasteiger partial charge in [0, 0.05) is 19.2 Å². The highest BCUT2D eigenvalue weighted by molar-refractivity contribution is 7.98. The lowest BCUT2D eigenvalue weighted by molar-refractivity contribution is -0.387. The molecule has 1 amide bonds. The first-order chi connectivity index (χ1) is 10.9. The Morgan fingerprint density at radius 2 is 2.00 bits per heavy atom. The van der Waals surface area contributed by atoms with Gasteiger partial charge in [-0.1, -0.05) is 0 Å². The van der Waals surface area contributed by atoms with Crippen LogP contribution in [0.25, 0.3) is 0 Å². The summed E-state index contributed by atoms with van der Waals surface area (Å²) in [5.41, 5.74) is -0.0824. The number of nitro benzene ring substituents is 1. The molecule has 2 rings (SSSR count). The summed E-state index contributed by atoms with van der Waals surface area (Å²) < 4.78 is 5.16. The number of carbonyl (C=O) groups excluding carboxylic acids is 2. The number of hydrogen-bond acceptors (Lipinski definition) is 6. The van der Waals surface area contributed by atoms with Gasteiger partial charge in [0.2, 0.25) is 0 Å². The molecule has 1 aliphatic heterocycles. The highest BCUT2D eigenvalue weighted by Crippen LogP contribution is 2.28. The average Bonchev–Trinajstić information content (AvgIpc) is 3.07. The molecule has 0 saturated carbocycles. The van der Waals surface area contributed by atoms with Crippen LogP contribution < -0.4 is 0 Å². The molecular weight excluding hydrogens is 320 g/mol. The van der Waals surface area contributed by atoms with Crippen LogP contribution in [0.2, 0.25) is 0 Å². The lowest BCUT2D eigenvalue weighted by Gasteiger charge is -2.20. The first kappa shape index (κ1) is 17.3. The largest absolute Gasteiger partial charge is 0.449 e. The standard InChI is InChI=1S/C15H18N2O5S/c1-10(14(18)16-7-3-4-8-16)22-15(19)11-5-6-13(23-2)12(9-11)17(20)21/h5-6,9-10H,3-4,7-8H2,1-2H3/t10-/m0/s1. The Bertz CT molecular complexity index is 628. The molecule has 1 heterocycles. The number of benzene rings is 1. The number of hydrogen-bond donors (Lipinski definition) is 0. The van der Waals surface area contributed by atoms with Crippen molar-refractivity contribution in [1.82, 2.24) is 4.90 Å². The third kappa shape index (κ3) is 4.01. The Labute approximate surface area is 138 Å². The molecule has 7 nitrogen and oxygen atoms in total. The van der Waals surface area contributed by atoms with Crippen molar-refractivity contribution < 1.29 is 19.2 Å². The number of thioether (sulfide) groups is 1. The van der Waals surface area contributed by atoms with E-state index < -0.39 is 17.0 Å². The van der Waals surface area contributed by atoms with E-state index in [1.165, 1.54) is 36.9 Å². The number of nitro groups is 1. The first-order valence-electron chi connectivity index (χ1n) is 7.26. The minimum Gasteiger partial charge on any atom is -0.449 e. The van der Waals surface area contributed by atoms with Crippen LogP contribution in [-0.4, -0.2) is 47.1 Å². The SMILES string of the molecule is CSc1ccc(C(=O)O[C@@H](C)C(=O)N2CCCC2)cc1[N+](=O)[O-]. The zero-order valence-electron chi connectivity index (χ0n) is 13.0. The molecule has 0 spiro atoms. The number of amides is 1. The summed E-state index contributed by atoms with van der Waals surface area (Å²) in [6.07, 6.45) is 2.72. The van der Waals surface area contributed by atoms with Gasteiger partial charge in [0.15, 0.2) is 6.10 Å². The highest BCUT2D eigenvalue weighted by atomic mass is 32.2. The molecule has 8 heteroatoms. The molecule has 0 aromatic heterocycles. The number of nitrogens with zero attached hydrogens (tertiary/aromatic N) is 2. The zero-order chi connectivity index (χ0) is 17.0. The van der Waals surface area contributed by atoms with E-state index in [2.05, 4.69) is 0 Å². The molecular formula is C15H18N2O5S. The van der Waals surface area contributed by atoms with Gasteiger partial charge in [0.25, 0.3) is 11.6 Å². The molecule has 0 aliphatic carbocycles. The van der Waals surface area contributed by atoms with Crippen LogP contribution >= 0.6 is 11.8 Å². The lowest BCUT2D eigenvalue weighted by atomic mass is 10.2. The molecule has 0 unspecified atom stereocenters. The van der Waals surface area contributed by atoms with Gasteiger partial charge in [-0.3, -0.25) is 14.9 Å². The smallest absolute Gasteiger partial charge is 0.339 e. The Hall–Kier alpha value is -2.09. The van der Waals surface area contributed by atoms with E-state index >= 15 is 0 Å². The molecule has 1 aromatic carbocycles. The molecule has 1 fully saturated rings. The first-order valence-corrected chi connectivity index (χ1v) is 8.48. The maximum Gasteiger partial charge on any atom is 0.339 e. The molecule has 23 heavy (non-hydrogen) atoms. The van der Waals surface area contributed by atoms with Crippen molar-refractivity contribution in [2.45, 2.75) is 30.8 Å². The minimum atomic E-state index is -0.903. The number of likely N-dealkylation sites (tertiary alicyclic amines) is 1. The molecule has 1 aromatic rings. The van der Waals surface area contributed by atoms with Gasteiger partial charge in [-0.05, 0) is 38.2 Å². The number of carbonyl (C=O) groups is 2. The van der Waals surface area contributed by atoms with E-state index in [1.807, 2.05) is 0 Å². The van der Waals surface area contributed by atoms with Crippen molar-refractivity contribution in [3.05, 3.63) is 33.9 Å². The van der Waals surface area contributed by atoms with Gasteiger partial charge >= 0.3 is 5.97 Å². The normalized spacial score (nSPS) is 15.3. The van der Waals surface area contributed by atoms with Gasteiger partial charge in [0.05, 0.1) is 15.4 Å². The van der Waals surface area contributed by atoms with Gasteiger partial charge in [-0.2, -0.15) is 0 Å². The molecule has 1 atom stereocenters. The Balaban J connectivity index is 2.09. The average molecular weight is 338 g/mol. The van der Waals surface area contributed by atoms with Crippen molar-refractivity contribution in [3.8, 4) is 0 Å². The summed E-state index contributed by atoms with van der Waals surface area (Å²) in [6.45, 7) is 2.87. The summed E-state index contributed by atoms with van der Waals surface area (Å²) in [4.78, 5) is 36.9. The summed E-state index contributed by atoms with van der Waals surface area (Å²) >= 11 is 1.23. The fourth-order valence-corrected chi connectivity index (χ4v) is 2.98.